The summed E-state index contributed by atoms with van der Waals surface area (Å²) in [5.74, 6) is -0.532. The summed E-state index contributed by atoms with van der Waals surface area (Å²) in [6.45, 7) is 8.44. The fourth-order valence-electron chi connectivity index (χ4n) is 1.87. The van der Waals surface area contributed by atoms with E-state index in [0.717, 1.165) is 16.9 Å². The molecule has 5 nitrogen and oxygen atoms in total. The van der Waals surface area contributed by atoms with Crippen LogP contribution in [0.3, 0.4) is 0 Å². The molecule has 0 saturated carbocycles. The molecule has 1 unspecified atom stereocenters. The van der Waals surface area contributed by atoms with Crippen LogP contribution in [0, 0.1) is 6.92 Å². The first-order valence-corrected chi connectivity index (χ1v) is 6.81. The van der Waals surface area contributed by atoms with Crippen LogP contribution >= 0.6 is 0 Å². The van der Waals surface area contributed by atoms with Crippen LogP contribution in [0.5, 0.6) is 5.75 Å². The molecule has 1 rings (SSSR count). The van der Waals surface area contributed by atoms with Crippen LogP contribution in [0.15, 0.2) is 18.2 Å². The first kappa shape index (κ1) is 16.0. The van der Waals surface area contributed by atoms with E-state index in [9.17, 15) is 9.59 Å². The molecule has 0 saturated heterocycles. The number of carbonyl (C=O) groups is 2. The Morgan fingerprint density at radius 1 is 1.25 bits per heavy atom. The van der Waals surface area contributed by atoms with Crippen molar-refractivity contribution >= 4 is 11.8 Å². The van der Waals surface area contributed by atoms with Gasteiger partial charge in [0.25, 0.3) is 0 Å². The molecule has 2 N–H and O–H groups in total. The zero-order valence-corrected chi connectivity index (χ0v) is 12.4. The minimum atomic E-state index is -0.636. The lowest BCUT2D eigenvalue weighted by Gasteiger charge is -2.18. The Morgan fingerprint density at radius 2 is 1.95 bits per heavy atom. The zero-order chi connectivity index (χ0) is 15.1. The van der Waals surface area contributed by atoms with E-state index in [-0.39, 0.29) is 6.04 Å². The van der Waals surface area contributed by atoms with Gasteiger partial charge in [0.15, 0.2) is 0 Å². The monoisotopic (exact) mass is 278 g/mol. The summed E-state index contributed by atoms with van der Waals surface area (Å²) in [6, 6.07) is 5.48. The maximum atomic E-state index is 11.7. The smallest absolute Gasteiger partial charge is 0.309 e. The normalized spacial score (nSPS) is 11.6. The predicted molar refractivity (Wildman–Crippen MR) is 77.6 cm³/mol. The molecule has 2 amide bonds. The molecule has 5 heteroatoms. The Balaban J connectivity index is 2.85. The van der Waals surface area contributed by atoms with E-state index in [1.165, 1.54) is 0 Å². The zero-order valence-electron chi connectivity index (χ0n) is 12.4. The molecule has 1 atom stereocenters. The van der Waals surface area contributed by atoms with Gasteiger partial charge in [0.1, 0.15) is 5.75 Å². The molecule has 0 heterocycles. The van der Waals surface area contributed by atoms with Gasteiger partial charge < -0.3 is 15.4 Å². The van der Waals surface area contributed by atoms with Crippen molar-refractivity contribution in [3.8, 4) is 5.75 Å². The van der Waals surface area contributed by atoms with Gasteiger partial charge in [-0.25, -0.2) is 0 Å². The van der Waals surface area contributed by atoms with Gasteiger partial charge in [-0.1, -0.05) is 17.7 Å². The highest BCUT2D eigenvalue weighted by atomic mass is 16.5. The molecule has 0 radical (unpaired) electrons. The average molecular weight is 278 g/mol. The summed E-state index contributed by atoms with van der Waals surface area (Å²) in [4.78, 5) is 23.1. The molecule has 1 aromatic rings. The summed E-state index contributed by atoms with van der Waals surface area (Å²) in [7, 11) is 0. The fraction of sp³-hybridized carbons (Fsp3) is 0.467. The van der Waals surface area contributed by atoms with Crippen molar-refractivity contribution in [2.45, 2.75) is 33.7 Å². The van der Waals surface area contributed by atoms with Gasteiger partial charge in [0.05, 0.1) is 12.6 Å². The van der Waals surface area contributed by atoms with Crippen molar-refractivity contribution in [2.24, 2.45) is 0 Å². The van der Waals surface area contributed by atoms with Crippen molar-refractivity contribution in [2.75, 3.05) is 13.2 Å². The van der Waals surface area contributed by atoms with Crippen molar-refractivity contribution in [1.29, 1.82) is 0 Å². The molecule has 110 valence electrons. The summed E-state index contributed by atoms with van der Waals surface area (Å²) in [5, 5.41) is 5.15. The first-order chi connectivity index (χ1) is 9.49. The maximum absolute atomic E-state index is 11.7. The van der Waals surface area contributed by atoms with Crippen molar-refractivity contribution in [3.05, 3.63) is 29.3 Å². The van der Waals surface area contributed by atoms with Crippen LogP contribution < -0.4 is 15.4 Å². The van der Waals surface area contributed by atoms with E-state index in [4.69, 9.17) is 4.74 Å². The minimum Gasteiger partial charge on any atom is -0.494 e. The molecule has 0 aromatic heterocycles. The Morgan fingerprint density at radius 3 is 2.55 bits per heavy atom. The minimum absolute atomic E-state index is 0.299. The Labute approximate surface area is 119 Å². The van der Waals surface area contributed by atoms with Crippen LogP contribution in [0.25, 0.3) is 0 Å². The molecule has 0 fully saturated rings. The highest BCUT2D eigenvalue weighted by molar-refractivity contribution is 6.35. The molecule has 0 spiro atoms. The van der Waals surface area contributed by atoms with E-state index < -0.39 is 11.8 Å². The maximum Gasteiger partial charge on any atom is 0.309 e. The number of amides is 2. The second kappa shape index (κ2) is 7.53. The molecule has 1 aromatic carbocycles. The summed E-state index contributed by atoms with van der Waals surface area (Å²) < 4.78 is 5.55. The Hall–Kier alpha value is -2.04. The number of nitrogens with one attached hydrogen (secondary N) is 2. The summed E-state index contributed by atoms with van der Waals surface area (Å²) in [6.07, 6.45) is 0. The van der Waals surface area contributed by atoms with Crippen LogP contribution in [0.1, 0.15) is 37.9 Å². The second-order valence-electron chi connectivity index (χ2n) is 4.53. The van der Waals surface area contributed by atoms with Gasteiger partial charge >= 0.3 is 11.8 Å². The van der Waals surface area contributed by atoms with E-state index in [2.05, 4.69) is 10.6 Å². The van der Waals surface area contributed by atoms with Crippen molar-refractivity contribution in [1.82, 2.24) is 10.6 Å². The first-order valence-electron chi connectivity index (χ1n) is 6.81. The van der Waals surface area contributed by atoms with E-state index in [0.29, 0.717) is 13.2 Å². The molecule has 0 aliphatic carbocycles. The van der Waals surface area contributed by atoms with Crippen LogP contribution in [-0.2, 0) is 9.59 Å². The number of benzene rings is 1. The number of likely N-dealkylation sites (N-methyl/N-ethyl adjacent to an activating group) is 1. The van der Waals surface area contributed by atoms with Gasteiger partial charge in [-0.3, -0.25) is 9.59 Å². The van der Waals surface area contributed by atoms with Gasteiger partial charge in [-0.05, 0) is 33.8 Å². The van der Waals surface area contributed by atoms with Crippen molar-refractivity contribution < 1.29 is 14.3 Å². The standard InChI is InChI=1S/C15H22N2O3/c1-5-16-14(18)15(19)17-11(4)12-9-10(3)7-8-13(12)20-6-2/h7-9,11H,5-6H2,1-4H3,(H,16,18)(H,17,19). The number of hydrogen-bond donors (Lipinski definition) is 2. The third-order valence-electron chi connectivity index (χ3n) is 2.82. The summed E-state index contributed by atoms with van der Waals surface area (Å²) in [5.41, 5.74) is 1.94. The van der Waals surface area contributed by atoms with E-state index >= 15 is 0 Å². The number of rotatable bonds is 5. The van der Waals surface area contributed by atoms with Gasteiger partial charge in [0, 0.05) is 12.1 Å². The van der Waals surface area contributed by atoms with E-state index in [1.54, 1.807) is 6.92 Å². The number of aryl methyl sites for hydroxylation is 1. The number of ether oxygens (including phenoxy) is 1. The lowest BCUT2D eigenvalue weighted by atomic mass is 10.0. The number of carbonyl (C=O) groups excluding carboxylic acids is 2. The number of hydrogen-bond acceptors (Lipinski definition) is 3. The molecule has 0 aliphatic heterocycles. The molecular weight excluding hydrogens is 256 g/mol. The highest BCUT2D eigenvalue weighted by Gasteiger charge is 2.18. The summed E-state index contributed by atoms with van der Waals surface area (Å²) >= 11 is 0. The topological polar surface area (TPSA) is 67.4 Å². The molecule has 20 heavy (non-hydrogen) atoms. The quantitative estimate of drug-likeness (QED) is 0.806. The average Bonchev–Trinajstić information content (AvgIpc) is 2.41. The predicted octanol–water partition coefficient (Wildman–Crippen LogP) is 1.71. The van der Waals surface area contributed by atoms with Crippen LogP contribution in [-0.4, -0.2) is 25.0 Å². The molecule has 0 bridgehead atoms. The van der Waals surface area contributed by atoms with Gasteiger partial charge in [-0.15, -0.1) is 0 Å². The second-order valence-corrected chi connectivity index (χ2v) is 4.53. The molecular formula is C15H22N2O3. The fourth-order valence-corrected chi connectivity index (χ4v) is 1.87. The van der Waals surface area contributed by atoms with E-state index in [1.807, 2.05) is 39.0 Å². The van der Waals surface area contributed by atoms with Crippen LogP contribution in [0.2, 0.25) is 0 Å². The van der Waals surface area contributed by atoms with Gasteiger partial charge in [0.2, 0.25) is 0 Å². The Kier molecular flexibility index (Phi) is 6.03. The lowest BCUT2D eigenvalue weighted by molar-refractivity contribution is -0.139. The Bertz CT molecular complexity index is 486. The van der Waals surface area contributed by atoms with Gasteiger partial charge in [-0.2, -0.15) is 0 Å². The lowest BCUT2D eigenvalue weighted by Crippen LogP contribution is -2.40. The third kappa shape index (κ3) is 4.26. The molecule has 0 aliphatic rings. The highest BCUT2D eigenvalue weighted by Crippen LogP contribution is 2.26. The third-order valence-corrected chi connectivity index (χ3v) is 2.82. The van der Waals surface area contributed by atoms with Crippen LogP contribution in [0.4, 0.5) is 0 Å². The van der Waals surface area contributed by atoms with Crippen molar-refractivity contribution in [3.63, 3.8) is 0 Å². The SMILES string of the molecule is CCNC(=O)C(=O)NC(C)c1cc(C)ccc1OCC. The largest absolute Gasteiger partial charge is 0.494 e.